The average Bonchev–Trinajstić information content (AvgIpc) is 2.65. The Bertz CT molecular complexity index is 513. The molecule has 2 aromatic rings. The molecule has 0 aliphatic heterocycles. The number of aromatic nitrogens is 2. The van der Waals surface area contributed by atoms with Crippen molar-refractivity contribution < 1.29 is 61.3 Å². The molecule has 0 aliphatic carbocycles. The molecule has 0 saturated carbocycles. The van der Waals surface area contributed by atoms with Crippen molar-refractivity contribution in [2.75, 3.05) is 0 Å². The summed E-state index contributed by atoms with van der Waals surface area (Å²) in [5, 5.41) is 20.0. The molecular weight excluding hydrogens is 251 g/mol. The van der Waals surface area contributed by atoms with Crippen molar-refractivity contribution in [1.82, 2.24) is 10.2 Å². The van der Waals surface area contributed by atoms with Crippen LogP contribution >= 0.6 is 11.3 Å². The van der Waals surface area contributed by atoms with Crippen LogP contribution in [0.1, 0.15) is 15.4 Å². The van der Waals surface area contributed by atoms with Gasteiger partial charge in [0.2, 0.25) is 0 Å². The summed E-state index contributed by atoms with van der Waals surface area (Å²) < 4.78 is 0. The number of carbonyl (C=O) groups excluding carboxylic acids is 1. The van der Waals surface area contributed by atoms with Crippen molar-refractivity contribution in [3.8, 4) is 10.6 Å². The summed E-state index contributed by atoms with van der Waals surface area (Å²) in [4.78, 5) is 10.6. The molecule has 16 heavy (non-hydrogen) atoms. The van der Waals surface area contributed by atoms with E-state index in [0.717, 1.165) is 15.6 Å². The number of hydrogen-bond donors (Lipinski definition) is 0. The van der Waals surface area contributed by atoms with E-state index in [-0.39, 0.29) is 56.9 Å². The molecule has 0 saturated heterocycles. The standard InChI is InChI=1S/C10H8N2O2S.K/c1-6-11-12-9(15-6)7-3-2-4-8(5-7)10(13)14;/h2-5H,1H3,(H,13,14);/q;+1/p-1. The fourth-order valence-corrected chi connectivity index (χ4v) is 1.88. The van der Waals surface area contributed by atoms with E-state index in [0.29, 0.717) is 0 Å². The minimum absolute atomic E-state index is 0. The van der Waals surface area contributed by atoms with Crippen molar-refractivity contribution >= 4 is 17.3 Å². The van der Waals surface area contributed by atoms with Crippen molar-refractivity contribution in [3.63, 3.8) is 0 Å². The first-order valence-electron chi connectivity index (χ1n) is 4.29. The quantitative estimate of drug-likeness (QED) is 0.578. The summed E-state index contributed by atoms with van der Waals surface area (Å²) in [7, 11) is 0. The third kappa shape index (κ3) is 3.19. The molecule has 0 unspecified atom stereocenters. The van der Waals surface area contributed by atoms with Gasteiger partial charge >= 0.3 is 51.4 Å². The Labute approximate surface area is 139 Å². The predicted molar refractivity (Wildman–Crippen MR) is 54.4 cm³/mol. The topological polar surface area (TPSA) is 65.9 Å². The van der Waals surface area contributed by atoms with E-state index in [2.05, 4.69) is 10.2 Å². The van der Waals surface area contributed by atoms with Crippen LogP contribution in [-0.2, 0) is 0 Å². The summed E-state index contributed by atoms with van der Waals surface area (Å²) in [6.07, 6.45) is 0. The molecule has 0 fully saturated rings. The number of hydrogen-bond acceptors (Lipinski definition) is 5. The van der Waals surface area contributed by atoms with Gasteiger partial charge in [-0.15, -0.1) is 10.2 Å². The van der Waals surface area contributed by atoms with E-state index in [9.17, 15) is 9.90 Å². The Kier molecular flexibility index (Phi) is 5.22. The van der Waals surface area contributed by atoms with Crippen molar-refractivity contribution in [2.24, 2.45) is 0 Å². The van der Waals surface area contributed by atoms with Gasteiger partial charge in [0.1, 0.15) is 10.0 Å². The Morgan fingerprint density at radius 1 is 1.38 bits per heavy atom. The molecule has 1 aromatic carbocycles. The van der Waals surface area contributed by atoms with E-state index in [1.165, 1.54) is 23.5 Å². The van der Waals surface area contributed by atoms with E-state index in [1.807, 2.05) is 6.92 Å². The van der Waals surface area contributed by atoms with Gasteiger partial charge in [0.25, 0.3) is 0 Å². The first kappa shape index (κ1) is 13.9. The second-order valence-corrected chi connectivity index (χ2v) is 4.18. The molecule has 0 amide bonds. The first-order valence-corrected chi connectivity index (χ1v) is 5.10. The fourth-order valence-electron chi connectivity index (χ4n) is 1.19. The SMILES string of the molecule is Cc1nnc(-c2cccc(C(=O)[O-])c2)s1.[K+]. The molecule has 0 aliphatic rings. The van der Waals surface area contributed by atoms with Crippen LogP contribution in [0.3, 0.4) is 0 Å². The molecular formula is C10H7KN2O2S. The van der Waals surface area contributed by atoms with Gasteiger partial charge in [0.05, 0.1) is 5.97 Å². The van der Waals surface area contributed by atoms with Crippen LogP contribution in [-0.4, -0.2) is 16.2 Å². The van der Waals surface area contributed by atoms with Gasteiger partial charge < -0.3 is 9.90 Å². The zero-order chi connectivity index (χ0) is 10.8. The molecule has 1 aromatic heterocycles. The third-order valence-electron chi connectivity index (χ3n) is 1.87. The van der Waals surface area contributed by atoms with Gasteiger partial charge in [-0.2, -0.15) is 0 Å². The minimum Gasteiger partial charge on any atom is -0.545 e. The van der Waals surface area contributed by atoms with Gasteiger partial charge in [-0.05, 0) is 18.6 Å². The molecule has 0 N–H and O–H groups in total. The molecule has 0 atom stereocenters. The van der Waals surface area contributed by atoms with Crippen LogP contribution in [0.4, 0.5) is 0 Å². The van der Waals surface area contributed by atoms with Gasteiger partial charge in [-0.25, -0.2) is 0 Å². The number of benzene rings is 1. The zero-order valence-electron chi connectivity index (χ0n) is 8.93. The summed E-state index contributed by atoms with van der Waals surface area (Å²) in [5.74, 6) is -1.18. The summed E-state index contributed by atoms with van der Waals surface area (Å²) in [6.45, 7) is 1.85. The largest absolute Gasteiger partial charge is 1.00 e. The normalized spacial score (nSPS) is 9.56. The predicted octanol–water partition coefficient (Wildman–Crippen LogP) is -2.12. The molecule has 1 heterocycles. The van der Waals surface area contributed by atoms with Crippen molar-refractivity contribution in [1.29, 1.82) is 0 Å². The van der Waals surface area contributed by atoms with Crippen LogP contribution in [0.2, 0.25) is 0 Å². The summed E-state index contributed by atoms with van der Waals surface area (Å²) >= 11 is 1.43. The Balaban J connectivity index is 0.00000128. The number of carbonyl (C=O) groups is 1. The smallest absolute Gasteiger partial charge is 0.545 e. The minimum atomic E-state index is -1.18. The molecule has 0 radical (unpaired) electrons. The first-order chi connectivity index (χ1) is 7.16. The molecule has 6 heteroatoms. The maximum absolute atomic E-state index is 10.6. The molecule has 76 valence electrons. The van der Waals surface area contributed by atoms with Gasteiger partial charge in [-0.3, -0.25) is 0 Å². The number of rotatable bonds is 2. The number of carboxylic acid groups (broad SMARTS) is 1. The van der Waals surface area contributed by atoms with Crippen LogP contribution in [0.25, 0.3) is 10.6 Å². The zero-order valence-corrected chi connectivity index (χ0v) is 12.9. The van der Waals surface area contributed by atoms with Crippen molar-refractivity contribution in [2.45, 2.75) is 6.92 Å². The van der Waals surface area contributed by atoms with Crippen LogP contribution < -0.4 is 56.5 Å². The van der Waals surface area contributed by atoms with Gasteiger partial charge in [0, 0.05) is 5.56 Å². The van der Waals surface area contributed by atoms with Crippen LogP contribution in [0.15, 0.2) is 24.3 Å². The maximum Gasteiger partial charge on any atom is 1.00 e. The summed E-state index contributed by atoms with van der Waals surface area (Å²) in [6, 6.07) is 6.49. The Morgan fingerprint density at radius 2 is 2.12 bits per heavy atom. The molecule has 2 rings (SSSR count). The van der Waals surface area contributed by atoms with Crippen LogP contribution in [0, 0.1) is 6.92 Å². The molecule has 4 nitrogen and oxygen atoms in total. The van der Waals surface area contributed by atoms with Crippen molar-refractivity contribution in [3.05, 3.63) is 34.8 Å². The van der Waals surface area contributed by atoms with Gasteiger partial charge in [0.15, 0.2) is 0 Å². The number of aryl methyl sites for hydroxylation is 1. The Morgan fingerprint density at radius 3 is 2.69 bits per heavy atom. The summed E-state index contributed by atoms with van der Waals surface area (Å²) in [5.41, 5.74) is 0.905. The second kappa shape index (κ2) is 5.99. The van der Waals surface area contributed by atoms with E-state index >= 15 is 0 Å². The van der Waals surface area contributed by atoms with E-state index in [1.54, 1.807) is 12.1 Å². The number of carboxylic acids is 1. The second-order valence-electron chi connectivity index (χ2n) is 2.99. The van der Waals surface area contributed by atoms with E-state index < -0.39 is 5.97 Å². The van der Waals surface area contributed by atoms with E-state index in [4.69, 9.17) is 0 Å². The fraction of sp³-hybridized carbons (Fsp3) is 0.100. The molecule has 0 spiro atoms. The average molecular weight is 258 g/mol. The third-order valence-corrected chi connectivity index (χ3v) is 2.76. The van der Waals surface area contributed by atoms with Gasteiger partial charge in [-0.1, -0.05) is 29.5 Å². The maximum atomic E-state index is 10.6. The number of aromatic carboxylic acids is 1. The van der Waals surface area contributed by atoms with Crippen LogP contribution in [0.5, 0.6) is 0 Å². The molecule has 0 bridgehead atoms. The number of nitrogens with zero attached hydrogens (tertiary/aromatic N) is 2. The monoisotopic (exact) mass is 258 g/mol. The Hall–Kier alpha value is -0.114.